The highest BCUT2D eigenvalue weighted by Gasteiger charge is 2.38. The molecule has 0 atom stereocenters. The van der Waals surface area contributed by atoms with Crippen LogP contribution in [-0.4, -0.2) is 24.8 Å². The third-order valence-corrected chi connectivity index (χ3v) is 4.85. The van der Waals surface area contributed by atoms with Crippen molar-refractivity contribution in [2.45, 2.75) is 51.7 Å². The Morgan fingerprint density at radius 2 is 2.11 bits per heavy atom. The Morgan fingerprint density at radius 1 is 1.42 bits per heavy atom. The molecule has 0 bridgehead atoms. The summed E-state index contributed by atoms with van der Waals surface area (Å²) in [4.78, 5) is 6.04. The highest BCUT2D eigenvalue weighted by molar-refractivity contribution is 7.11. The SMILES string of the molecule is CCOC1(c2nc(C(C)C)c(CN)s2)CCOCC1. The van der Waals surface area contributed by atoms with Gasteiger partial charge in [0.1, 0.15) is 10.6 Å². The Morgan fingerprint density at radius 3 is 2.58 bits per heavy atom. The van der Waals surface area contributed by atoms with Gasteiger partial charge in [0.2, 0.25) is 0 Å². The average Bonchev–Trinajstić information content (AvgIpc) is 2.85. The Kier molecular flexibility index (Phi) is 4.95. The first-order chi connectivity index (χ1) is 9.13. The van der Waals surface area contributed by atoms with Gasteiger partial charge < -0.3 is 15.2 Å². The zero-order valence-corrected chi connectivity index (χ0v) is 12.9. The first-order valence-electron chi connectivity index (χ1n) is 7.05. The van der Waals surface area contributed by atoms with Crippen molar-refractivity contribution in [3.8, 4) is 0 Å². The fourth-order valence-electron chi connectivity index (χ4n) is 2.55. The maximum Gasteiger partial charge on any atom is 0.125 e. The van der Waals surface area contributed by atoms with Gasteiger partial charge in [0.05, 0.1) is 5.69 Å². The zero-order valence-electron chi connectivity index (χ0n) is 12.1. The maximum atomic E-state index is 6.08. The van der Waals surface area contributed by atoms with Gasteiger partial charge in [-0.05, 0) is 12.8 Å². The average molecular weight is 284 g/mol. The molecule has 0 aliphatic carbocycles. The third kappa shape index (κ3) is 2.99. The number of hydrogen-bond donors (Lipinski definition) is 1. The molecule has 1 fully saturated rings. The molecule has 2 N–H and O–H groups in total. The van der Waals surface area contributed by atoms with Gasteiger partial charge in [0.25, 0.3) is 0 Å². The number of nitrogens with zero attached hydrogens (tertiary/aromatic N) is 1. The van der Waals surface area contributed by atoms with Crippen LogP contribution in [0.5, 0.6) is 0 Å². The number of nitrogens with two attached hydrogens (primary N) is 1. The molecule has 1 aromatic heterocycles. The number of thiazole rings is 1. The number of rotatable bonds is 5. The number of ether oxygens (including phenoxy) is 2. The van der Waals surface area contributed by atoms with Crippen LogP contribution >= 0.6 is 11.3 Å². The molecule has 2 heterocycles. The summed E-state index contributed by atoms with van der Waals surface area (Å²) in [5.74, 6) is 0.405. The normalized spacial score (nSPS) is 19.0. The van der Waals surface area contributed by atoms with Crippen molar-refractivity contribution in [3.05, 3.63) is 15.6 Å². The summed E-state index contributed by atoms with van der Waals surface area (Å²) in [6.45, 7) is 9.12. The minimum absolute atomic E-state index is 0.255. The van der Waals surface area contributed by atoms with Crippen LogP contribution in [0, 0.1) is 0 Å². The van der Waals surface area contributed by atoms with Crippen LogP contribution in [0.25, 0.3) is 0 Å². The molecule has 1 aromatic rings. The largest absolute Gasteiger partial charge is 0.381 e. The molecule has 1 aliphatic rings. The van der Waals surface area contributed by atoms with E-state index in [1.54, 1.807) is 11.3 Å². The Labute approximate surface area is 119 Å². The van der Waals surface area contributed by atoms with E-state index in [4.69, 9.17) is 20.2 Å². The van der Waals surface area contributed by atoms with Crippen LogP contribution in [-0.2, 0) is 21.6 Å². The van der Waals surface area contributed by atoms with E-state index >= 15 is 0 Å². The molecule has 1 saturated heterocycles. The molecule has 4 nitrogen and oxygen atoms in total. The lowest BCUT2D eigenvalue weighted by atomic mass is 9.94. The van der Waals surface area contributed by atoms with Crippen molar-refractivity contribution in [3.63, 3.8) is 0 Å². The van der Waals surface area contributed by atoms with Crippen LogP contribution < -0.4 is 5.73 Å². The number of hydrogen-bond acceptors (Lipinski definition) is 5. The smallest absolute Gasteiger partial charge is 0.125 e. The summed E-state index contributed by atoms with van der Waals surface area (Å²) in [5.41, 5.74) is 6.73. The van der Waals surface area contributed by atoms with Crippen LogP contribution in [0.4, 0.5) is 0 Å². The summed E-state index contributed by atoms with van der Waals surface area (Å²) in [7, 11) is 0. The number of aromatic nitrogens is 1. The summed E-state index contributed by atoms with van der Waals surface area (Å²) < 4.78 is 11.6. The lowest BCUT2D eigenvalue weighted by molar-refractivity contribution is -0.112. The molecule has 0 saturated carbocycles. The predicted octanol–water partition coefficient (Wildman–Crippen LogP) is 2.77. The van der Waals surface area contributed by atoms with Gasteiger partial charge in [-0.2, -0.15) is 0 Å². The lowest BCUT2D eigenvalue weighted by Crippen LogP contribution is -2.36. The van der Waals surface area contributed by atoms with E-state index < -0.39 is 0 Å². The molecular formula is C14H24N2O2S. The minimum atomic E-state index is -0.255. The van der Waals surface area contributed by atoms with E-state index in [9.17, 15) is 0 Å². The molecule has 108 valence electrons. The van der Waals surface area contributed by atoms with Crippen molar-refractivity contribution in [2.24, 2.45) is 5.73 Å². The van der Waals surface area contributed by atoms with Crippen molar-refractivity contribution in [1.82, 2.24) is 4.98 Å². The highest BCUT2D eigenvalue weighted by atomic mass is 32.1. The van der Waals surface area contributed by atoms with E-state index in [1.807, 2.05) is 6.92 Å². The summed E-state index contributed by atoms with van der Waals surface area (Å²) in [6, 6.07) is 0. The molecule has 0 amide bonds. The molecule has 0 aromatic carbocycles. The van der Waals surface area contributed by atoms with Crippen LogP contribution in [0.1, 0.15) is 55.1 Å². The first-order valence-corrected chi connectivity index (χ1v) is 7.86. The minimum Gasteiger partial charge on any atom is -0.381 e. The lowest BCUT2D eigenvalue weighted by Gasteiger charge is -2.35. The molecule has 2 rings (SSSR count). The molecule has 0 radical (unpaired) electrons. The third-order valence-electron chi connectivity index (χ3n) is 3.57. The van der Waals surface area contributed by atoms with Crippen molar-refractivity contribution in [1.29, 1.82) is 0 Å². The summed E-state index contributed by atoms with van der Waals surface area (Å²) >= 11 is 1.72. The van der Waals surface area contributed by atoms with E-state index in [0.717, 1.165) is 36.8 Å². The monoisotopic (exact) mass is 284 g/mol. The fourth-order valence-corrected chi connectivity index (χ4v) is 3.85. The zero-order chi connectivity index (χ0) is 13.9. The van der Waals surface area contributed by atoms with Crippen LogP contribution in [0.15, 0.2) is 0 Å². The van der Waals surface area contributed by atoms with Gasteiger partial charge in [-0.15, -0.1) is 11.3 Å². The molecule has 19 heavy (non-hydrogen) atoms. The quantitative estimate of drug-likeness (QED) is 0.903. The second kappa shape index (κ2) is 6.31. The van der Waals surface area contributed by atoms with Gasteiger partial charge >= 0.3 is 0 Å². The van der Waals surface area contributed by atoms with Crippen LogP contribution in [0.3, 0.4) is 0 Å². The van der Waals surface area contributed by atoms with Gasteiger partial charge in [0.15, 0.2) is 0 Å². The van der Waals surface area contributed by atoms with E-state index in [-0.39, 0.29) is 5.60 Å². The topological polar surface area (TPSA) is 57.4 Å². The second-order valence-corrected chi connectivity index (χ2v) is 6.31. The Balaban J connectivity index is 2.36. The molecule has 0 spiro atoms. The summed E-state index contributed by atoms with van der Waals surface area (Å²) in [5, 5.41) is 1.08. The van der Waals surface area contributed by atoms with Gasteiger partial charge in [-0.3, -0.25) is 0 Å². The standard InChI is InChI=1S/C14H24N2O2S/c1-4-18-14(5-7-17-8-6-14)13-16-12(10(2)3)11(9-15)19-13/h10H,4-9,15H2,1-3H3. The van der Waals surface area contributed by atoms with E-state index in [2.05, 4.69) is 13.8 Å². The molecule has 0 unspecified atom stereocenters. The molecule has 5 heteroatoms. The van der Waals surface area contributed by atoms with Gasteiger partial charge in [-0.25, -0.2) is 4.98 Å². The van der Waals surface area contributed by atoms with Crippen LogP contribution in [0.2, 0.25) is 0 Å². The maximum absolute atomic E-state index is 6.08. The van der Waals surface area contributed by atoms with Crippen molar-refractivity contribution in [2.75, 3.05) is 19.8 Å². The van der Waals surface area contributed by atoms with Gasteiger partial charge in [-0.1, -0.05) is 13.8 Å². The Bertz CT molecular complexity index is 406. The predicted molar refractivity (Wildman–Crippen MR) is 77.5 cm³/mol. The first kappa shape index (κ1) is 14.9. The fraction of sp³-hybridized carbons (Fsp3) is 0.786. The van der Waals surface area contributed by atoms with Crippen molar-refractivity contribution < 1.29 is 9.47 Å². The summed E-state index contributed by atoms with van der Waals surface area (Å²) in [6.07, 6.45) is 1.77. The van der Waals surface area contributed by atoms with E-state index in [1.165, 1.54) is 4.88 Å². The highest BCUT2D eigenvalue weighted by Crippen LogP contribution is 2.40. The second-order valence-electron chi connectivity index (χ2n) is 5.23. The van der Waals surface area contributed by atoms with Crippen molar-refractivity contribution >= 4 is 11.3 Å². The van der Waals surface area contributed by atoms with E-state index in [0.29, 0.717) is 19.1 Å². The molecular weight excluding hydrogens is 260 g/mol. The van der Waals surface area contributed by atoms with Gasteiger partial charge in [0, 0.05) is 44.1 Å². The Hall–Kier alpha value is -0.490. The molecule has 1 aliphatic heterocycles.